The van der Waals surface area contributed by atoms with Crippen LogP contribution in [0.2, 0.25) is 0 Å². The van der Waals surface area contributed by atoms with Crippen LogP contribution in [0.1, 0.15) is 12.5 Å². The number of benzene rings is 1. The Kier molecular flexibility index (Phi) is 4.01. The summed E-state index contributed by atoms with van der Waals surface area (Å²) in [5, 5.41) is 4.42. The number of hydrogen-bond acceptors (Lipinski definition) is 4. The minimum Gasteiger partial charge on any atom is -0.369 e. The van der Waals surface area contributed by atoms with Crippen LogP contribution in [0.5, 0.6) is 0 Å². The quantitative estimate of drug-likeness (QED) is 0.686. The number of nitrogens with one attached hydrogen (secondary N) is 1. The summed E-state index contributed by atoms with van der Waals surface area (Å²) < 4.78 is 1.01. The molecule has 21 heavy (non-hydrogen) atoms. The van der Waals surface area contributed by atoms with E-state index >= 15 is 0 Å². The first-order valence-electron chi connectivity index (χ1n) is 6.82. The number of rotatable bonds is 3. The van der Waals surface area contributed by atoms with E-state index in [1.54, 1.807) is 0 Å². The van der Waals surface area contributed by atoms with Crippen molar-refractivity contribution in [2.24, 2.45) is 0 Å². The average Bonchev–Trinajstić information content (AvgIpc) is 2.50. The van der Waals surface area contributed by atoms with Crippen LogP contribution in [0.15, 0.2) is 36.5 Å². The molecule has 106 valence electrons. The number of pyridine rings is 1. The summed E-state index contributed by atoms with van der Waals surface area (Å²) in [6.07, 6.45) is 1.83. The van der Waals surface area contributed by atoms with Crippen LogP contribution in [0.25, 0.3) is 22.4 Å². The molecule has 0 amide bonds. The molecule has 1 aromatic carbocycles. The van der Waals surface area contributed by atoms with Gasteiger partial charge in [-0.05, 0) is 54.1 Å². The van der Waals surface area contributed by atoms with Crippen LogP contribution in [0.3, 0.4) is 0 Å². The molecule has 0 aliphatic heterocycles. The summed E-state index contributed by atoms with van der Waals surface area (Å²) in [5.74, 6) is 1.51. The minimum atomic E-state index is 0.653. The molecule has 3 rings (SSSR count). The van der Waals surface area contributed by atoms with Gasteiger partial charge < -0.3 is 5.32 Å². The second-order valence-electron chi connectivity index (χ2n) is 4.76. The van der Waals surface area contributed by atoms with Gasteiger partial charge in [0.2, 0.25) is 0 Å². The first kappa shape index (κ1) is 14.2. The fourth-order valence-electron chi connectivity index (χ4n) is 2.25. The molecule has 0 fully saturated rings. The van der Waals surface area contributed by atoms with Crippen molar-refractivity contribution in [3.8, 4) is 11.5 Å². The largest absolute Gasteiger partial charge is 0.369 e. The lowest BCUT2D eigenvalue weighted by Crippen LogP contribution is -2.04. The van der Waals surface area contributed by atoms with Crippen LogP contribution in [0.4, 0.5) is 5.82 Å². The Hall–Kier alpha value is -1.76. The lowest BCUT2D eigenvalue weighted by molar-refractivity contribution is 1.09. The molecule has 0 atom stereocenters. The molecule has 0 aliphatic rings. The number of anilines is 1. The predicted molar refractivity (Wildman–Crippen MR) is 94.4 cm³/mol. The van der Waals surface area contributed by atoms with Gasteiger partial charge in [-0.1, -0.05) is 18.2 Å². The van der Waals surface area contributed by atoms with Gasteiger partial charge in [0.15, 0.2) is 5.82 Å². The second-order valence-corrected chi connectivity index (χ2v) is 5.92. The number of halogens is 1. The predicted octanol–water partition coefficient (Wildman–Crippen LogP) is 4.04. The molecular formula is C16H15IN4. The number of hydrogen-bond donors (Lipinski definition) is 1. The lowest BCUT2D eigenvalue weighted by Gasteiger charge is -2.08. The third kappa shape index (κ3) is 2.83. The highest BCUT2D eigenvalue weighted by atomic mass is 127. The first-order valence-corrected chi connectivity index (χ1v) is 7.90. The molecule has 0 bridgehead atoms. The first-order chi connectivity index (χ1) is 10.2. The Bertz CT molecular complexity index is 801. The van der Waals surface area contributed by atoms with Crippen LogP contribution in [-0.2, 0) is 0 Å². The number of aromatic nitrogens is 3. The lowest BCUT2D eigenvalue weighted by atomic mass is 10.1. The molecule has 0 aliphatic carbocycles. The highest BCUT2D eigenvalue weighted by Gasteiger charge is 2.10. The zero-order valence-electron chi connectivity index (χ0n) is 11.9. The van der Waals surface area contributed by atoms with Gasteiger partial charge in [-0.25, -0.2) is 15.0 Å². The van der Waals surface area contributed by atoms with E-state index in [1.807, 2.05) is 30.5 Å². The summed E-state index contributed by atoms with van der Waals surface area (Å²) in [6.45, 7) is 4.97. The van der Waals surface area contributed by atoms with Crippen LogP contribution in [-0.4, -0.2) is 21.5 Å². The molecular weight excluding hydrogens is 375 g/mol. The van der Waals surface area contributed by atoms with Crippen molar-refractivity contribution in [1.29, 1.82) is 0 Å². The highest BCUT2D eigenvalue weighted by molar-refractivity contribution is 14.1. The maximum Gasteiger partial charge on any atom is 0.180 e. The van der Waals surface area contributed by atoms with E-state index in [0.29, 0.717) is 5.82 Å². The van der Waals surface area contributed by atoms with Gasteiger partial charge in [0.1, 0.15) is 11.5 Å². The third-order valence-electron chi connectivity index (χ3n) is 3.24. The standard InChI is InChI=1S/C16H15IN4/c1-3-18-15-12(17)9-19-16(21-15)14-8-10(2)11-6-4-5-7-13(11)20-14/h4-9H,3H2,1-2H3,(H,18,19,21). The molecule has 0 unspecified atom stereocenters. The summed E-state index contributed by atoms with van der Waals surface area (Å²) in [4.78, 5) is 13.7. The van der Waals surface area contributed by atoms with Crippen molar-refractivity contribution in [3.05, 3.63) is 45.7 Å². The summed E-state index contributed by atoms with van der Waals surface area (Å²) in [6, 6.07) is 10.2. The van der Waals surface area contributed by atoms with Crippen molar-refractivity contribution in [2.75, 3.05) is 11.9 Å². The Balaban J connectivity index is 2.14. The van der Waals surface area contributed by atoms with Crippen molar-refractivity contribution < 1.29 is 0 Å². The zero-order valence-corrected chi connectivity index (χ0v) is 14.0. The van der Waals surface area contributed by atoms with E-state index in [1.165, 1.54) is 10.9 Å². The van der Waals surface area contributed by atoms with Gasteiger partial charge in [0.05, 0.1) is 9.09 Å². The molecule has 2 aromatic heterocycles. The molecule has 4 nitrogen and oxygen atoms in total. The molecule has 2 heterocycles. The van der Waals surface area contributed by atoms with E-state index in [-0.39, 0.29) is 0 Å². The van der Waals surface area contributed by atoms with Gasteiger partial charge in [-0.3, -0.25) is 0 Å². The van der Waals surface area contributed by atoms with Crippen LogP contribution < -0.4 is 5.32 Å². The van der Waals surface area contributed by atoms with Gasteiger partial charge in [0.25, 0.3) is 0 Å². The van der Waals surface area contributed by atoms with E-state index in [2.05, 4.69) is 62.8 Å². The second kappa shape index (κ2) is 5.93. The topological polar surface area (TPSA) is 50.7 Å². The summed E-state index contributed by atoms with van der Waals surface area (Å²) in [5.41, 5.74) is 2.96. The highest BCUT2D eigenvalue weighted by Crippen LogP contribution is 2.24. The molecule has 0 saturated carbocycles. The number of fused-ring (bicyclic) bond motifs is 1. The van der Waals surface area contributed by atoms with Crippen LogP contribution >= 0.6 is 22.6 Å². The summed E-state index contributed by atoms with van der Waals surface area (Å²) >= 11 is 2.23. The third-order valence-corrected chi connectivity index (χ3v) is 4.03. The smallest absolute Gasteiger partial charge is 0.180 e. The van der Waals surface area contributed by atoms with Gasteiger partial charge in [-0.2, -0.15) is 0 Å². The number of para-hydroxylation sites is 1. The van der Waals surface area contributed by atoms with E-state index in [4.69, 9.17) is 0 Å². The fraction of sp³-hybridized carbons (Fsp3) is 0.188. The van der Waals surface area contributed by atoms with Crippen molar-refractivity contribution in [1.82, 2.24) is 15.0 Å². The Morgan fingerprint density at radius 1 is 1.19 bits per heavy atom. The molecule has 3 aromatic rings. The summed E-state index contributed by atoms with van der Waals surface area (Å²) in [7, 11) is 0. The van der Waals surface area contributed by atoms with Crippen molar-refractivity contribution >= 4 is 39.3 Å². The fourth-order valence-corrected chi connectivity index (χ4v) is 2.70. The molecule has 0 radical (unpaired) electrons. The van der Waals surface area contributed by atoms with Crippen molar-refractivity contribution in [3.63, 3.8) is 0 Å². The van der Waals surface area contributed by atoms with E-state index in [0.717, 1.165) is 27.1 Å². The molecule has 0 saturated heterocycles. The van der Waals surface area contributed by atoms with Gasteiger partial charge in [-0.15, -0.1) is 0 Å². The van der Waals surface area contributed by atoms with Crippen molar-refractivity contribution in [2.45, 2.75) is 13.8 Å². The minimum absolute atomic E-state index is 0.653. The van der Waals surface area contributed by atoms with E-state index < -0.39 is 0 Å². The Morgan fingerprint density at radius 2 is 2.00 bits per heavy atom. The monoisotopic (exact) mass is 390 g/mol. The maximum absolute atomic E-state index is 4.68. The average molecular weight is 390 g/mol. The SMILES string of the molecule is CCNc1nc(-c2cc(C)c3ccccc3n2)ncc1I. The van der Waals surface area contributed by atoms with Crippen LogP contribution in [0, 0.1) is 10.5 Å². The normalized spacial score (nSPS) is 10.8. The molecule has 5 heteroatoms. The molecule has 1 N–H and O–H groups in total. The Morgan fingerprint density at radius 3 is 2.81 bits per heavy atom. The zero-order chi connectivity index (χ0) is 14.8. The van der Waals surface area contributed by atoms with E-state index in [9.17, 15) is 0 Å². The maximum atomic E-state index is 4.68. The van der Waals surface area contributed by atoms with Gasteiger partial charge >= 0.3 is 0 Å². The number of nitrogens with zero attached hydrogens (tertiary/aromatic N) is 3. The number of aryl methyl sites for hydroxylation is 1. The van der Waals surface area contributed by atoms with Gasteiger partial charge in [0, 0.05) is 18.1 Å². The molecule has 0 spiro atoms. The Labute approximate surface area is 137 Å².